The molecule has 7 heteroatoms. The molecule has 218 valence electrons. The molecule has 1 atom stereocenters. The number of ketones is 1. The molecule has 1 N–H and O–H groups in total. The topological polar surface area (TPSA) is 84.9 Å². The lowest BCUT2D eigenvalue weighted by Crippen LogP contribution is -2.42. The Bertz CT molecular complexity index is 1230. The zero-order valence-electron chi connectivity index (χ0n) is 25.5. The highest BCUT2D eigenvalue weighted by molar-refractivity contribution is 6.04. The van der Waals surface area contributed by atoms with Crippen LogP contribution in [0, 0.1) is 11.3 Å². The van der Waals surface area contributed by atoms with E-state index in [0.717, 1.165) is 36.2 Å². The van der Waals surface area contributed by atoms with Gasteiger partial charge in [-0.2, -0.15) is 0 Å². The van der Waals surface area contributed by atoms with Gasteiger partial charge in [-0.3, -0.25) is 4.79 Å². The molecular formula is C33H46N2O5. The van der Waals surface area contributed by atoms with E-state index in [9.17, 15) is 14.4 Å². The number of dihydropyridines is 1. The van der Waals surface area contributed by atoms with E-state index in [4.69, 9.17) is 9.47 Å². The predicted molar refractivity (Wildman–Crippen MR) is 156 cm³/mol. The van der Waals surface area contributed by atoms with Crippen LogP contribution in [0.5, 0.6) is 0 Å². The summed E-state index contributed by atoms with van der Waals surface area (Å²) >= 11 is 0. The van der Waals surface area contributed by atoms with Crippen LogP contribution >= 0.6 is 0 Å². The van der Waals surface area contributed by atoms with E-state index in [-0.39, 0.29) is 35.8 Å². The number of piperidine rings is 1. The van der Waals surface area contributed by atoms with Crippen LogP contribution in [0.15, 0.2) is 46.8 Å². The fourth-order valence-corrected chi connectivity index (χ4v) is 6.02. The number of carbonyl (C=O) groups is 3. The number of Topliss-reactive ketones (excluding diaryl/α,β-unsaturated/α-hetero) is 1. The first-order chi connectivity index (χ1) is 18.6. The largest absolute Gasteiger partial charge is 0.462 e. The molecule has 4 rings (SSSR count). The van der Waals surface area contributed by atoms with Gasteiger partial charge in [-0.25, -0.2) is 9.59 Å². The quantitative estimate of drug-likeness (QED) is 0.416. The van der Waals surface area contributed by atoms with Crippen molar-refractivity contribution in [2.75, 3.05) is 19.7 Å². The Kier molecular flexibility index (Phi) is 8.53. The standard InChI is InChI=1S/C33H46N2O5/c1-20(2)23-10-9-11-24(16-23)28-27(21(3)34-25-17-33(7,8)18-26(36)29(25)28)30(37)39-19-22-12-14-35(15-13-22)31(38)40-32(4,5)6/h9-11,16,20,22,28,34H,12-15,17-19H2,1-8H3. The molecule has 0 aromatic heterocycles. The summed E-state index contributed by atoms with van der Waals surface area (Å²) in [5.74, 6) is -0.271. The molecule has 7 nitrogen and oxygen atoms in total. The Morgan fingerprint density at radius 2 is 1.80 bits per heavy atom. The van der Waals surface area contributed by atoms with Gasteiger partial charge in [-0.15, -0.1) is 0 Å². The zero-order valence-corrected chi connectivity index (χ0v) is 25.5. The van der Waals surface area contributed by atoms with Crippen LogP contribution in [0.2, 0.25) is 0 Å². The maximum absolute atomic E-state index is 13.8. The van der Waals surface area contributed by atoms with Gasteiger partial charge in [-0.05, 0) is 75.3 Å². The van der Waals surface area contributed by atoms with Gasteiger partial charge in [0.25, 0.3) is 0 Å². The number of likely N-dealkylation sites (tertiary alicyclic amines) is 1. The highest BCUT2D eigenvalue weighted by Crippen LogP contribution is 2.47. The maximum Gasteiger partial charge on any atom is 0.410 e. The van der Waals surface area contributed by atoms with Crippen LogP contribution in [-0.2, 0) is 19.1 Å². The molecule has 1 saturated heterocycles. The van der Waals surface area contributed by atoms with Crippen LogP contribution in [0.3, 0.4) is 0 Å². The molecule has 0 spiro atoms. The minimum absolute atomic E-state index is 0.0889. The molecule has 2 heterocycles. The highest BCUT2D eigenvalue weighted by Gasteiger charge is 2.43. The summed E-state index contributed by atoms with van der Waals surface area (Å²) in [6, 6.07) is 8.26. The molecule has 1 aliphatic carbocycles. The van der Waals surface area contributed by atoms with E-state index in [2.05, 4.69) is 45.1 Å². The van der Waals surface area contributed by atoms with E-state index >= 15 is 0 Å². The summed E-state index contributed by atoms with van der Waals surface area (Å²) in [7, 11) is 0. The fourth-order valence-electron chi connectivity index (χ4n) is 6.02. The number of allylic oxidation sites excluding steroid dienone is 3. The number of carbonyl (C=O) groups excluding carboxylic acids is 3. The van der Waals surface area contributed by atoms with Crippen LogP contribution in [0.25, 0.3) is 0 Å². The number of amides is 1. The van der Waals surface area contributed by atoms with E-state index in [0.29, 0.717) is 36.6 Å². The van der Waals surface area contributed by atoms with Crippen molar-refractivity contribution in [2.24, 2.45) is 11.3 Å². The smallest absolute Gasteiger partial charge is 0.410 e. The molecule has 2 aliphatic heterocycles. The molecule has 3 aliphatic rings. The third-order valence-corrected chi connectivity index (χ3v) is 8.09. The molecule has 0 bridgehead atoms. The van der Waals surface area contributed by atoms with Crippen molar-refractivity contribution in [3.63, 3.8) is 0 Å². The van der Waals surface area contributed by atoms with Crippen molar-refractivity contribution >= 4 is 17.8 Å². The van der Waals surface area contributed by atoms with E-state index in [1.54, 1.807) is 4.90 Å². The number of esters is 1. The number of benzene rings is 1. The Labute approximate surface area is 239 Å². The summed E-state index contributed by atoms with van der Waals surface area (Å²) in [6.45, 7) is 17.4. The molecule has 1 fully saturated rings. The number of ether oxygens (including phenoxy) is 2. The Morgan fingerprint density at radius 3 is 2.42 bits per heavy atom. The van der Waals surface area contributed by atoms with E-state index in [1.165, 1.54) is 5.56 Å². The molecule has 1 amide bonds. The third kappa shape index (κ3) is 6.79. The number of nitrogens with one attached hydrogen (secondary N) is 1. The second kappa shape index (κ2) is 11.4. The van der Waals surface area contributed by atoms with Crippen molar-refractivity contribution in [1.82, 2.24) is 10.2 Å². The second-order valence-electron chi connectivity index (χ2n) is 13.8. The van der Waals surface area contributed by atoms with Crippen LogP contribution in [0.1, 0.15) is 104 Å². The average molecular weight is 551 g/mol. The van der Waals surface area contributed by atoms with Crippen molar-refractivity contribution in [2.45, 2.75) is 98.5 Å². The SMILES string of the molecule is CC1=C(C(=O)OCC2CCN(C(=O)OC(C)(C)C)CC2)C(c2cccc(C(C)C)c2)C2=C(CC(C)(C)CC2=O)N1. The number of hydrogen-bond acceptors (Lipinski definition) is 6. The molecule has 1 aromatic rings. The molecule has 0 radical (unpaired) electrons. The third-order valence-electron chi connectivity index (χ3n) is 8.09. The summed E-state index contributed by atoms with van der Waals surface area (Å²) in [5, 5.41) is 3.43. The Hall–Kier alpha value is -3.09. The van der Waals surface area contributed by atoms with Crippen LogP contribution < -0.4 is 5.32 Å². The average Bonchev–Trinajstić information content (AvgIpc) is 2.85. The highest BCUT2D eigenvalue weighted by atomic mass is 16.6. The molecule has 1 aromatic carbocycles. The number of rotatable bonds is 5. The minimum atomic E-state index is -0.529. The van der Waals surface area contributed by atoms with Crippen molar-refractivity contribution in [3.8, 4) is 0 Å². The van der Waals surface area contributed by atoms with E-state index in [1.807, 2.05) is 39.8 Å². The summed E-state index contributed by atoms with van der Waals surface area (Å²) in [5.41, 5.74) is 4.33. The molecule has 0 saturated carbocycles. The molecular weight excluding hydrogens is 504 g/mol. The maximum atomic E-state index is 13.8. The monoisotopic (exact) mass is 550 g/mol. The Balaban J connectivity index is 1.53. The van der Waals surface area contributed by atoms with Gasteiger partial charge in [0.2, 0.25) is 0 Å². The lowest BCUT2D eigenvalue weighted by Gasteiger charge is -2.39. The summed E-state index contributed by atoms with van der Waals surface area (Å²) < 4.78 is 11.4. The van der Waals surface area contributed by atoms with Crippen molar-refractivity contribution in [1.29, 1.82) is 0 Å². The first-order valence-electron chi connectivity index (χ1n) is 14.6. The second-order valence-corrected chi connectivity index (χ2v) is 13.8. The van der Waals surface area contributed by atoms with Gasteiger partial charge >= 0.3 is 12.1 Å². The van der Waals surface area contributed by atoms with Crippen LogP contribution in [0.4, 0.5) is 4.79 Å². The summed E-state index contributed by atoms with van der Waals surface area (Å²) in [4.78, 5) is 41.5. The van der Waals surface area contributed by atoms with Crippen molar-refractivity contribution in [3.05, 3.63) is 57.9 Å². The van der Waals surface area contributed by atoms with Gasteiger partial charge in [0, 0.05) is 42.4 Å². The predicted octanol–water partition coefficient (Wildman–Crippen LogP) is 6.60. The molecule has 1 unspecified atom stereocenters. The molecule has 40 heavy (non-hydrogen) atoms. The van der Waals surface area contributed by atoms with Gasteiger partial charge in [0.1, 0.15) is 5.60 Å². The Morgan fingerprint density at radius 1 is 1.12 bits per heavy atom. The van der Waals surface area contributed by atoms with Gasteiger partial charge in [0.05, 0.1) is 12.2 Å². The van der Waals surface area contributed by atoms with Gasteiger partial charge in [-0.1, -0.05) is 52.0 Å². The number of nitrogens with zero attached hydrogens (tertiary/aromatic N) is 1. The normalized spacial score (nSPS) is 21.8. The van der Waals surface area contributed by atoms with Gasteiger partial charge < -0.3 is 19.7 Å². The zero-order chi connectivity index (χ0) is 29.4. The van der Waals surface area contributed by atoms with E-state index < -0.39 is 11.5 Å². The summed E-state index contributed by atoms with van der Waals surface area (Å²) in [6.07, 6.45) is 2.39. The first kappa shape index (κ1) is 29.9. The van der Waals surface area contributed by atoms with Gasteiger partial charge in [0.15, 0.2) is 5.78 Å². The fraction of sp³-hybridized carbons (Fsp3) is 0.606. The lowest BCUT2D eigenvalue weighted by atomic mass is 9.68. The van der Waals surface area contributed by atoms with Crippen molar-refractivity contribution < 1.29 is 23.9 Å². The number of hydrogen-bond donors (Lipinski definition) is 1. The first-order valence-corrected chi connectivity index (χ1v) is 14.6. The van der Waals surface area contributed by atoms with Crippen LogP contribution in [-0.4, -0.2) is 48.0 Å². The minimum Gasteiger partial charge on any atom is -0.462 e. The lowest BCUT2D eigenvalue weighted by molar-refractivity contribution is -0.141.